The third kappa shape index (κ3) is 4.78. The minimum atomic E-state index is -3.94. The molecule has 9 nitrogen and oxygen atoms in total. The molecule has 3 atom stereocenters. The first kappa shape index (κ1) is 25.5. The van der Waals surface area contributed by atoms with Gasteiger partial charge in [-0.05, 0) is 48.4 Å². The lowest BCUT2D eigenvalue weighted by Crippen LogP contribution is -2.52. The fourth-order valence-corrected chi connectivity index (χ4v) is 7.75. The smallest absolute Gasteiger partial charge is 0.262 e. The number of amides is 2. The zero-order valence-corrected chi connectivity index (χ0v) is 22.2. The van der Waals surface area contributed by atoms with Gasteiger partial charge >= 0.3 is 0 Å². The Morgan fingerprint density at radius 2 is 1.97 bits per heavy atom. The monoisotopic (exact) mass is 540 g/mol. The largest absolute Gasteiger partial charge is 0.340 e. The molecule has 2 saturated heterocycles. The minimum Gasteiger partial charge on any atom is -0.340 e. The summed E-state index contributed by atoms with van der Waals surface area (Å²) in [6.45, 7) is 3.87. The first-order valence-corrected chi connectivity index (χ1v) is 14.5. The standard InChI is InChI=1S/C26H28N4O5S2/c1-16(2)12-19(28-25(32)23-13-17-6-3-4-8-22(17)36-23)26(33)29-11-9-20-24(29)21(31)15-30(20)37(34,35)18-7-5-10-27-14-18/h3-8,10,13-14,16,19-20,24H,9,11-12,15H2,1-2H3,(H,28,32). The molecule has 37 heavy (non-hydrogen) atoms. The van der Waals surface area contributed by atoms with E-state index >= 15 is 0 Å². The summed E-state index contributed by atoms with van der Waals surface area (Å²) in [6.07, 6.45) is 3.48. The molecule has 0 spiro atoms. The van der Waals surface area contributed by atoms with Crippen LogP contribution in [0.1, 0.15) is 36.4 Å². The van der Waals surface area contributed by atoms with Gasteiger partial charge in [0, 0.05) is 23.6 Å². The predicted molar refractivity (Wildman–Crippen MR) is 140 cm³/mol. The molecule has 0 bridgehead atoms. The summed E-state index contributed by atoms with van der Waals surface area (Å²) in [6, 6.07) is 10.1. The van der Waals surface area contributed by atoms with Gasteiger partial charge in [0.05, 0.1) is 17.5 Å². The highest BCUT2D eigenvalue weighted by Crippen LogP contribution is 2.34. The fourth-order valence-electron chi connectivity index (χ4n) is 5.19. The number of rotatable bonds is 7. The molecule has 0 saturated carbocycles. The number of pyridine rings is 1. The molecule has 1 aromatic carbocycles. The number of thiophene rings is 1. The lowest BCUT2D eigenvalue weighted by atomic mass is 10.0. The van der Waals surface area contributed by atoms with Crippen molar-refractivity contribution in [1.82, 2.24) is 19.5 Å². The molecule has 0 aliphatic carbocycles. The van der Waals surface area contributed by atoms with Crippen molar-refractivity contribution in [2.24, 2.45) is 5.92 Å². The number of nitrogens with one attached hydrogen (secondary N) is 1. The summed E-state index contributed by atoms with van der Waals surface area (Å²) in [7, 11) is -3.94. The van der Waals surface area contributed by atoms with Crippen molar-refractivity contribution in [1.29, 1.82) is 0 Å². The van der Waals surface area contributed by atoms with Crippen LogP contribution in [-0.4, -0.2) is 71.4 Å². The van der Waals surface area contributed by atoms with Gasteiger partial charge in [-0.1, -0.05) is 32.0 Å². The molecule has 2 aromatic heterocycles. The summed E-state index contributed by atoms with van der Waals surface area (Å²) in [5, 5.41) is 3.85. The van der Waals surface area contributed by atoms with E-state index in [1.807, 2.05) is 38.1 Å². The number of Topliss-reactive ketones (excluding diaryl/α,β-unsaturated/α-hetero) is 1. The second-order valence-corrected chi connectivity index (χ2v) is 12.8. The van der Waals surface area contributed by atoms with Crippen LogP contribution in [0, 0.1) is 5.92 Å². The first-order valence-electron chi connectivity index (χ1n) is 12.2. The van der Waals surface area contributed by atoms with Gasteiger partial charge in [0.1, 0.15) is 17.0 Å². The Bertz CT molecular complexity index is 1420. The Balaban J connectivity index is 1.36. The Hall–Kier alpha value is -3.15. The lowest BCUT2D eigenvalue weighted by Gasteiger charge is -2.29. The Labute approximate surface area is 219 Å². The second-order valence-electron chi connectivity index (χ2n) is 9.84. The van der Waals surface area contributed by atoms with E-state index < -0.39 is 28.1 Å². The van der Waals surface area contributed by atoms with Crippen molar-refractivity contribution in [2.75, 3.05) is 13.1 Å². The molecular weight excluding hydrogens is 512 g/mol. The third-order valence-electron chi connectivity index (χ3n) is 6.86. The van der Waals surface area contributed by atoms with Crippen molar-refractivity contribution < 1.29 is 22.8 Å². The summed E-state index contributed by atoms with van der Waals surface area (Å²) in [4.78, 5) is 45.8. The Morgan fingerprint density at radius 3 is 2.68 bits per heavy atom. The van der Waals surface area contributed by atoms with Crippen LogP contribution in [0.15, 0.2) is 59.8 Å². The van der Waals surface area contributed by atoms with Crippen molar-refractivity contribution in [3.05, 3.63) is 59.7 Å². The number of carbonyl (C=O) groups excluding carboxylic acids is 3. The summed E-state index contributed by atoms with van der Waals surface area (Å²) in [5.41, 5.74) is 0. The van der Waals surface area contributed by atoms with Gasteiger partial charge in [-0.15, -0.1) is 11.3 Å². The fraction of sp³-hybridized carbons (Fsp3) is 0.385. The topological polar surface area (TPSA) is 117 Å². The van der Waals surface area contributed by atoms with Crippen molar-refractivity contribution in [3.63, 3.8) is 0 Å². The van der Waals surface area contributed by atoms with Gasteiger partial charge in [0.2, 0.25) is 15.9 Å². The first-order chi connectivity index (χ1) is 17.7. The minimum absolute atomic E-state index is 0.0153. The van der Waals surface area contributed by atoms with Crippen LogP contribution in [0.4, 0.5) is 0 Å². The van der Waals surface area contributed by atoms with Gasteiger partial charge in [0.25, 0.3) is 5.91 Å². The predicted octanol–water partition coefficient (Wildman–Crippen LogP) is 2.68. The second kappa shape index (κ2) is 9.96. The van der Waals surface area contributed by atoms with Crippen LogP contribution < -0.4 is 5.32 Å². The number of hydrogen-bond acceptors (Lipinski definition) is 7. The van der Waals surface area contributed by atoms with Gasteiger partial charge in [-0.25, -0.2) is 8.42 Å². The van der Waals surface area contributed by atoms with E-state index in [-0.39, 0.29) is 41.5 Å². The molecule has 11 heteroatoms. The van der Waals surface area contributed by atoms with E-state index in [0.29, 0.717) is 17.7 Å². The summed E-state index contributed by atoms with van der Waals surface area (Å²) in [5.74, 6) is -0.904. The van der Waals surface area contributed by atoms with Gasteiger partial charge < -0.3 is 10.2 Å². The molecule has 0 radical (unpaired) electrons. The number of sulfonamides is 1. The van der Waals surface area contributed by atoms with Crippen LogP contribution in [0.5, 0.6) is 0 Å². The maximum absolute atomic E-state index is 13.7. The molecule has 2 aliphatic rings. The highest BCUT2D eigenvalue weighted by Gasteiger charge is 2.54. The quantitative estimate of drug-likeness (QED) is 0.493. The molecule has 3 aromatic rings. The van der Waals surface area contributed by atoms with Crippen LogP contribution in [0.3, 0.4) is 0 Å². The van der Waals surface area contributed by atoms with Gasteiger partial charge in [-0.3, -0.25) is 19.4 Å². The molecule has 194 valence electrons. The molecule has 2 fully saturated rings. The number of fused-ring (bicyclic) bond motifs is 2. The molecule has 3 unspecified atom stereocenters. The van der Waals surface area contributed by atoms with Crippen LogP contribution in [0.25, 0.3) is 10.1 Å². The SMILES string of the molecule is CC(C)CC(NC(=O)c1cc2ccccc2s1)C(=O)N1CCC2C1C(=O)CN2S(=O)(=O)c1cccnc1. The zero-order valence-electron chi connectivity index (χ0n) is 20.5. The normalized spacial score (nSPS) is 20.9. The maximum Gasteiger partial charge on any atom is 0.262 e. The summed E-state index contributed by atoms with van der Waals surface area (Å²) < 4.78 is 28.6. The zero-order chi connectivity index (χ0) is 26.3. The van der Waals surface area contributed by atoms with Crippen molar-refractivity contribution >= 4 is 49.0 Å². The summed E-state index contributed by atoms with van der Waals surface area (Å²) >= 11 is 1.36. The number of ketones is 1. The average Bonchev–Trinajstić information content (AvgIpc) is 3.58. The highest BCUT2D eigenvalue weighted by atomic mass is 32.2. The Kier molecular flexibility index (Phi) is 6.86. The van der Waals surface area contributed by atoms with Crippen LogP contribution >= 0.6 is 11.3 Å². The van der Waals surface area contributed by atoms with Crippen molar-refractivity contribution in [3.8, 4) is 0 Å². The molecule has 5 rings (SSSR count). The Morgan fingerprint density at radius 1 is 1.19 bits per heavy atom. The molecule has 2 amide bonds. The van der Waals surface area contributed by atoms with E-state index in [0.717, 1.165) is 10.1 Å². The number of nitrogens with zero attached hydrogens (tertiary/aromatic N) is 3. The molecule has 2 aliphatic heterocycles. The number of likely N-dealkylation sites (tertiary alicyclic amines) is 1. The lowest BCUT2D eigenvalue weighted by molar-refractivity contribution is -0.138. The molecule has 4 heterocycles. The highest BCUT2D eigenvalue weighted by molar-refractivity contribution is 7.89. The third-order valence-corrected chi connectivity index (χ3v) is 9.83. The van der Waals surface area contributed by atoms with Gasteiger partial charge in [-0.2, -0.15) is 4.31 Å². The maximum atomic E-state index is 13.7. The number of aromatic nitrogens is 1. The molecular formula is C26H28N4O5S2. The van der Waals surface area contributed by atoms with Crippen molar-refractivity contribution in [2.45, 2.75) is 49.7 Å². The van der Waals surface area contributed by atoms with E-state index in [1.165, 1.54) is 45.1 Å². The van der Waals surface area contributed by atoms with E-state index in [9.17, 15) is 22.8 Å². The molecule has 1 N–H and O–H groups in total. The van der Waals surface area contributed by atoms with E-state index in [2.05, 4.69) is 10.3 Å². The van der Waals surface area contributed by atoms with E-state index in [1.54, 1.807) is 6.07 Å². The van der Waals surface area contributed by atoms with Gasteiger partial charge in [0.15, 0.2) is 5.78 Å². The number of carbonyl (C=O) groups is 3. The number of benzene rings is 1. The van der Waals surface area contributed by atoms with Crippen LogP contribution in [-0.2, 0) is 19.6 Å². The average molecular weight is 541 g/mol. The number of hydrogen-bond donors (Lipinski definition) is 1. The van der Waals surface area contributed by atoms with E-state index in [4.69, 9.17) is 0 Å². The van der Waals surface area contributed by atoms with Crippen LogP contribution in [0.2, 0.25) is 0 Å².